The van der Waals surface area contributed by atoms with Gasteiger partial charge in [-0.25, -0.2) is 4.79 Å². The highest BCUT2D eigenvalue weighted by Gasteiger charge is 2.10. The van der Waals surface area contributed by atoms with Crippen LogP contribution in [0.25, 0.3) is 0 Å². The van der Waals surface area contributed by atoms with Gasteiger partial charge in [-0.3, -0.25) is 4.79 Å². The van der Waals surface area contributed by atoms with E-state index in [0.717, 1.165) is 12.0 Å². The van der Waals surface area contributed by atoms with Gasteiger partial charge in [0.15, 0.2) is 6.61 Å². The highest BCUT2D eigenvalue weighted by molar-refractivity contribution is 7.08. The van der Waals surface area contributed by atoms with E-state index in [1.165, 1.54) is 16.9 Å². The lowest BCUT2D eigenvalue weighted by Crippen LogP contribution is -2.28. The number of benzene rings is 1. The molecule has 0 atom stereocenters. The summed E-state index contributed by atoms with van der Waals surface area (Å²) in [5.41, 5.74) is 2.75. The lowest BCUT2D eigenvalue weighted by atomic mass is 10.1. The van der Waals surface area contributed by atoms with E-state index in [0.29, 0.717) is 12.1 Å². The summed E-state index contributed by atoms with van der Waals surface area (Å²) in [7, 11) is 0. The molecule has 21 heavy (non-hydrogen) atoms. The number of rotatable bonds is 6. The monoisotopic (exact) mass is 303 g/mol. The van der Waals surface area contributed by atoms with E-state index in [1.54, 1.807) is 16.8 Å². The van der Waals surface area contributed by atoms with Crippen LogP contribution in [-0.2, 0) is 22.5 Å². The summed E-state index contributed by atoms with van der Waals surface area (Å²) in [6, 6.07) is 9.71. The molecule has 0 fully saturated rings. The van der Waals surface area contributed by atoms with E-state index in [9.17, 15) is 9.59 Å². The zero-order chi connectivity index (χ0) is 15.1. The van der Waals surface area contributed by atoms with E-state index in [4.69, 9.17) is 4.74 Å². The molecule has 0 spiro atoms. The van der Waals surface area contributed by atoms with Crippen LogP contribution < -0.4 is 5.32 Å². The van der Waals surface area contributed by atoms with Crippen molar-refractivity contribution in [2.45, 2.75) is 19.9 Å². The molecule has 110 valence electrons. The molecule has 0 aliphatic heterocycles. The standard InChI is InChI=1S/C16H17NO3S/c1-2-12-3-5-13(6-4-12)9-17-15(18)10-20-16(19)14-7-8-21-11-14/h3-8,11H,2,9-10H2,1H3,(H,17,18). The molecule has 2 rings (SSSR count). The molecule has 2 aromatic rings. The van der Waals surface area contributed by atoms with Crippen molar-refractivity contribution in [2.24, 2.45) is 0 Å². The number of ether oxygens (including phenoxy) is 1. The van der Waals surface area contributed by atoms with Crippen LogP contribution >= 0.6 is 11.3 Å². The second kappa shape index (κ2) is 7.59. The van der Waals surface area contributed by atoms with E-state index in [1.807, 2.05) is 24.3 Å². The Morgan fingerprint density at radius 3 is 2.48 bits per heavy atom. The minimum atomic E-state index is -0.473. The fraction of sp³-hybridized carbons (Fsp3) is 0.250. The summed E-state index contributed by atoms with van der Waals surface area (Å²) >= 11 is 1.41. The number of nitrogens with one attached hydrogen (secondary N) is 1. The minimum Gasteiger partial charge on any atom is -0.452 e. The van der Waals surface area contributed by atoms with E-state index < -0.39 is 5.97 Å². The average Bonchev–Trinajstić information content (AvgIpc) is 3.05. The van der Waals surface area contributed by atoms with Gasteiger partial charge in [0.1, 0.15) is 0 Å². The third kappa shape index (κ3) is 4.72. The molecule has 0 aliphatic rings. The van der Waals surface area contributed by atoms with Gasteiger partial charge in [0.05, 0.1) is 5.56 Å². The predicted molar refractivity (Wildman–Crippen MR) is 82.3 cm³/mol. The van der Waals surface area contributed by atoms with Crippen molar-refractivity contribution in [3.8, 4) is 0 Å². The number of carbonyl (C=O) groups excluding carboxylic acids is 2. The quantitative estimate of drug-likeness (QED) is 0.835. The summed E-state index contributed by atoms with van der Waals surface area (Å²) in [4.78, 5) is 23.2. The molecule has 4 nitrogen and oxygen atoms in total. The third-order valence-electron chi connectivity index (χ3n) is 3.01. The molecule has 0 radical (unpaired) electrons. The molecule has 1 N–H and O–H groups in total. The van der Waals surface area contributed by atoms with E-state index in [-0.39, 0.29) is 12.5 Å². The summed E-state index contributed by atoms with van der Waals surface area (Å²) in [5.74, 6) is -0.781. The van der Waals surface area contributed by atoms with E-state index >= 15 is 0 Å². The van der Waals surface area contributed by atoms with Gasteiger partial charge in [0.25, 0.3) is 5.91 Å². The van der Waals surface area contributed by atoms with Gasteiger partial charge >= 0.3 is 5.97 Å². The smallest absolute Gasteiger partial charge is 0.339 e. The van der Waals surface area contributed by atoms with Crippen LogP contribution in [0.5, 0.6) is 0 Å². The number of amides is 1. The lowest BCUT2D eigenvalue weighted by Gasteiger charge is -2.07. The third-order valence-corrected chi connectivity index (χ3v) is 3.70. The largest absolute Gasteiger partial charge is 0.452 e. The van der Waals surface area contributed by atoms with Gasteiger partial charge < -0.3 is 10.1 Å². The molecule has 1 amide bonds. The molecule has 1 aromatic carbocycles. The molecule has 0 bridgehead atoms. The number of thiophene rings is 1. The number of carbonyl (C=O) groups is 2. The molecule has 1 heterocycles. The molecule has 5 heteroatoms. The Morgan fingerprint density at radius 1 is 1.14 bits per heavy atom. The summed E-state index contributed by atoms with van der Waals surface area (Å²) in [5, 5.41) is 6.20. The van der Waals surface area contributed by atoms with Gasteiger partial charge in [-0.1, -0.05) is 31.2 Å². The summed E-state index contributed by atoms with van der Waals surface area (Å²) < 4.78 is 4.93. The van der Waals surface area contributed by atoms with Gasteiger partial charge in [-0.2, -0.15) is 11.3 Å². The van der Waals surface area contributed by atoms with Crippen LogP contribution in [0.3, 0.4) is 0 Å². The Morgan fingerprint density at radius 2 is 1.86 bits per heavy atom. The highest BCUT2D eigenvalue weighted by Crippen LogP contribution is 2.07. The molecular formula is C16H17NO3S. The Balaban J connectivity index is 1.73. The first-order chi connectivity index (χ1) is 10.2. The van der Waals surface area contributed by atoms with Crippen LogP contribution in [0.15, 0.2) is 41.1 Å². The minimum absolute atomic E-state index is 0.262. The van der Waals surface area contributed by atoms with Crippen LogP contribution in [0.4, 0.5) is 0 Å². The maximum absolute atomic E-state index is 11.6. The fourth-order valence-electron chi connectivity index (χ4n) is 1.74. The topological polar surface area (TPSA) is 55.4 Å². The number of aryl methyl sites for hydroxylation is 1. The fourth-order valence-corrected chi connectivity index (χ4v) is 2.36. The summed E-state index contributed by atoms with van der Waals surface area (Å²) in [6.45, 7) is 2.26. The normalized spacial score (nSPS) is 10.1. The lowest BCUT2D eigenvalue weighted by molar-refractivity contribution is -0.124. The van der Waals surface area contributed by atoms with Crippen molar-refractivity contribution in [3.63, 3.8) is 0 Å². The highest BCUT2D eigenvalue weighted by atomic mass is 32.1. The van der Waals surface area contributed by atoms with Gasteiger partial charge in [-0.05, 0) is 29.0 Å². The predicted octanol–water partition coefficient (Wildman–Crippen LogP) is 2.78. The van der Waals surface area contributed by atoms with Crippen molar-refractivity contribution in [2.75, 3.05) is 6.61 Å². The number of esters is 1. The molecule has 1 aromatic heterocycles. The van der Waals surface area contributed by atoms with Crippen molar-refractivity contribution in [3.05, 3.63) is 57.8 Å². The van der Waals surface area contributed by atoms with Gasteiger partial charge in [-0.15, -0.1) is 0 Å². The van der Waals surface area contributed by atoms with Crippen LogP contribution in [0.2, 0.25) is 0 Å². The van der Waals surface area contributed by atoms with Gasteiger partial charge in [0, 0.05) is 11.9 Å². The summed E-state index contributed by atoms with van der Waals surface area (Å²) in [6.07, 6.45) is 0.991. The molecule has 0 saturated heterocycles. The number of hydrogen-bond acceptors (Lipinski definition) is 4. The number of hydrogen-bond donors (Lipinski definition) is 1. The molecule has 0 saturated carbocycles. The molecule has 0 aliphatic carbocycles. The maximum Gasteiger partial charge on any atom is 0.339 e. The Hall–Kier alpha value is -2.14. The van der Waals surface area contributed by atoms with E-state index in [2.05, 4.69) is 12.2 Å². The van der Waals surface area contributed by atoms with Crippen LogP contribution in [-0.4, -0.2) is 18.5 Å². The maximum atomic E-state index is 11.6. The van der Waals surface area contributed by atoms with Crippen LogP contribution in [0, 0.1) is 0 Å². The Bertz CT molecular complexity index is 590. The zero-order valence-corrected chi connectivity index (χ0v) is 12.6. The first-order valence-corrected chi connectivity index (χ1v) is 7.67. The SMILES string of the molecule is CCc1ccc(CNC(=O)COC(=O)c2ccsc2)cc1. The van der Waals surface area contributed by atoms with Gasteiger partial charge in [0.2, 0.25) is 0 Å². The first-order valence-electron chi connectivity index (χ1n) is 6.73. The van der Waals surface area contributed by atoms with Crippen molar-refractivity contribution in [1.29, 1.82) is 0 Å². The second-order valence-corrected chi connectivity index (χ2v) is 5.31. The zero-order valence-electron chi connectivity index (χ0n) is 11.8. The molecular weight excluding hydrogens is 286 g/mol. The first kappa shape index (κ1) is 15.3. The Kier molecular flexibility index (Phi) is 5.51. The van der Waals surface area contributed by atoms with Crippen molar-refractivity contribution < 1.29 is 14.3 Å². The van der Waals surface area contributed by atoms with Crippen molar-refractivity contribution in [1.82, 2.24) is 5.32 Å². The molecule has 0 unspecified atom stereocenters. The van der Waals surface area contributed by atoms with Crippen LogP contribution in [0.1, 0.15) is 28.4 Å². The van der Waals surface area contributed by atoms with Crippen molar-refractivity contribution >= 4 is 23.2 Å². The second-order valence-electron chi connectivity index (χ2n) is 4.53. The Labute approximate surface area is 127 Å². The average molecular weight is 303 g/mol.